The van der Waals surface area contributed by atoms with Gasteiger partial charge in [0.15, 0.2) is 17.9 Å². The molecule has 1 fully saturated rings. The third kappa shape index (κ3) is 3.43. The van der Waals surface area contributed by atoms with Gasteiger partial charge in [0.05, 0.1) is 13.2 Å². The zero-order valence-corrected chi connectivity index (χ0v) is 13.5. The van der Waals surface area contributed by atoms with Crippen LogP contribution < -0.4 is 4.74 Å². The average molecular weight is 369 g/mol. The lowest BCUT2D eigenvalue weighted by atomic mass is 10.1. The summed E-state index contributed by atoms with van der Waals surface area (Å²) in [6.45, 7) is 2.86. The molecule has 22 heavy (non-hydrogen) atoms. The molecule has 1 saturated heterocycles. The number of benzene rings is 1. The lowest BCUT2D eigenvalue weighted by Crippen LogP contribution is -2.13. The number of hydrogen-bond acceptors (Lipinski definition) is 5. The van der Waals surface area contributed by atoms with Gasteiger partial charge in [0.1, 0.15) is 0 Å². The van der Waals surface area contributed by atoms with Crippen LogP contribution in [0, 0.1) is 12.7 Å². The van der Waals surface area contributed by atoms with Crippen LogP contribution in [0.5, 0.6) is 11.8 Å². The first-order valence-electron chi connectivity index (χ1n) is 6.81. The predicted octanol–water partition coefficient (Wildman–Crippen LogP) is 3.39. The Kier molecular flexibility index (Phi) is 4.66. The number of aryl methyl sites for hydroxylation is 1. The molecule has 5 nitrogen and oxygen atoms in total. The summed E-state index contributed by atoms with van der Waals surface area (Å²) in [5, 5.41) is 0. The van der Waals surface area contributed by atoms with E-state index in [0.717, 1.165) is 5.69 Å². The zero-order chi connectivity index (χ0) is 15.5. The van der Waals surface area contributed by atoms with Gasteiger partial charge < -0.3 is 14.2 Å². The number of hydrogen-bond donors (Lipinski definition) is 0. The molecule has 1 aromatic carbocycles. The predicted molar refractivity (Wildman–Crippen MR) is 80.3 cm³/mol. The SMILES string of the molecule is Cc1ccnc(Oc2ccc(Br)c(CC3OCCO3)c2F)n1. The fourth-order valence-electron chi connectivity index (χ4n) is 2.11. The second-order valence-corrected chi connectivity index (χ2v) is 5.65. The Morgan fingerprint density at radius 3 is 2.82 bits per heavy atom. The molecule has 1 aromatic heterocycles. The molecular weight excluding hydrogens is 355 g/mol. The van der Waals surface area contributed by atoms with E-state index in [1.165, 1.54) is 6.07 Å². The van der Waals surface area contributed by atoms with Crippen molar-refractivity contribution in [2.75, 3.05) is 13.2 Å². The highest BCUT2D eigenvalue weighted by atomic mass is 79.9. The molecule has 7 heteroatoms. The summed E-state index contributed by atoms with van der Waals surface area (Å²) in [7, 11) is 0. The van der Waals surface area contributed by atoms with Gasteiger partial charge in [-0.05, 0) is 25.1 Å². The summed E-state index contributed by atoms with van der Waals surface area (Å²) >= 11 is 3.35. The van der Waals surface area contributed by atoms with Crippen LogP contribution in [0.25, 0.3) is 0 Å². The van der Waals surface area contributed by atoms with Gasteiger partial charge in [-0.25, -0.2) is 14.4 Å². The normalized spacial score (nSPS) is 15.2. The van der Waals surface area contributed by atoms with Crippen molar-refractivity contribution < 1.29 is 18.6 Å². The van der Waals surface area contributed by atoms with Crippen molar-refractivity contribution in [3.05, 3.63) is 45.9 Å². The van der Waals surface area contributed by atoms with Crippen LogP contribution in [0.3, 0.4) is 0 Å². The standard InChI is InChI=1S/C15H14BrFN2O3/c1-9-4-5-18-15(19-9)22-12-3-2-11(16)10(14(12)17)8-13-20-6-7-21-13/h2-5,13H,6-8H2,1H3. The van der Waals surface area contributed by atoms with Crippen molar-refractivity contribution >= 4 is 15.9 Å². The number of aromatic nitrogens is 2. The van der Waals surface area contributed by atoms with Crippen molar-refractivity contribution in [1.82, 2.24) is 9.97 Å². The monoisotopic (exact) mass is 368 g/mol. The molecule has 0 N–H and O–H groups in total. The van der Waals surface area contributed by atoms with E-state index in [4.69, 9.17) is 14.2 Å². The highest BCUT2D eigenvalue weighted by Crippen LogP contribution is 2.31. The lowest BCUT2D eigenvalue weighted by molar-refractivity contribution is -0.0406. The van der Waals surface area contributed by atoms with E-state index in [-0.39, 0.29) is 11.8 Å². The van der Waals surface area contributed by atoms with E-state index in [1.54, 1.807) is 18.3 Å². The van der Waals surface area contributed by atoms with Gasteiger partial charge in [0, 0.05) is 28.3 Å². The molecule has 116 valence electrons. The quantitative estimate of drug-likeness (QED) is 0.827. The second kappa shape index (κ2) is 6.68. The van der Waals surface area contributed by atoms with Crippen molar-refractivity contribution in [3.63, 3.8) is 0 Å². The third-order valence-corrected chi connectivity index (χ3v) is 3.93. The fourth-order valence-corrected chi connectivity index (χ4v) is 2.58. The lowest BCUT2D eigenvalue weighted by Gasteiger charge is -2.14. The van der Waals surface area contributed by atoms with Crippen LogP contribution in [0.15, 0.2) is 28.9 Å². The molecule has 0 atom stereocenters. The highest BCUT2D eigenvalue weighted by Gasteiger charge is 2.22. The van der Waals surface area contributed by atoms with Gasteiger partial charge in [-0.2, -0.15) is 0 Å². The van der Waals surface area contributed by atoms with Crippen molar-refractivity contribution in [2.45, 2.75) is 19.6 Å². The van der Waals surface area contributed by atoms with Crippen LogP contribution in [0.1, 0.15) is 11.3 Å². The Bertz CT molecular complexity index is 678. The van der Waals surface area contributed by atoms with Crippen molar-refractivity contribution in [2.24, 2.45) is 0 Å². The smallest absolute Gasteiger partial charge is 0.322 e. The largest absolute Gasteiger partial charge is 0.421 e. The topological polar surface area (TPSA) is 53.5 Å². The Morgan fingerprint density at radius 1 is 1.32 bits per heavy atom. The molecule has 2 aromatic rings. The Hall–Kier alpha value is -1.57. The summed E-state index contributed by atoms with van der Waals surface area (Å²) in [5.41, 5.74) is 1.19. The molecule has 2 heterocycles. The van der Waals surface area contributed by atoms with E-state index < -0.39 is 12.1 Å². The van der Waals surface area contributed by atoms with Gasteiger partial charge in [0.25, 0.3) is 0 Å². The van der Waals surface area contributed by atoms with Gasteiger partial charge in [-0.3, -0.25) is 0 Å². The average Bonchev–Trinajstić information content (AvgIpc) is 3.00. The Balaban J connectivity index is 1.85. The zero-order valence-electron chi connectivity index (χ0n) is 11.9. The number of ether oxygens (including phenoxy) is 3. The number of rotatable bonds is 4. The minimum absolute atomic E-state index is 0.0711. The molecule has 0 unspecified atom stereocenters. The fraction of sp³-hybridized carbons (Fsp3) is 0.333. The summed E-state index contributed by atoms with van der Waals surface area (Å²) in [4.78, 5) is 8.07. The maximum Gasteiger partial charge on any atom is 0.322 e. The summed E-state index contributed by atoms with van der Waals surface area (Å²) in [6.07, 6.45) is 1.43. The molecule has 0 radical (unpaired) electrons. The first-order valence-corrected chi connectivity index (χ1v) is 7.60. The first kappa shape index (κ1) is 15.3. The molecule has 3 rings (SSSR count). The molecular formula is C15H14BrFN2O3. The minimum Gasteiger partial charge on any atom is -0.421 e. The minimum atomic E-state index is -0.474. The molecule has 0 saturated carbocycles. The van der Waals surface area contributed by atoms with E-state index in [9.17, 15) is 4.39 Å². The molecule has 0 aliphatic carbocycles. The van der Waals surface area contributed by atoms with Crippen LogP contribution in [-0.4, -0.2) is 29.5 Å². The molecule has 1 aliphatic heterocycles. The number of nitrogens with zero attached hydrogens (tertiary/aromatic N) is 2. The van der Waals surface area contributed by atoms with Crippen LogP contribution in [-0.2, 0) is 15.9 Å². The molecule has 0 spiro atoms. The molecule has 1 aliphatic rings. The van der Waals surface area contributed by atoms with Crippen molar-refractivity contribution in [1.29, 1.82) is 0 Å². The van der Waals surface area contributed by atoms with Crippen LogP contribution >= 0.6 is 15.9 Å². The highest BCUT2D eigenvalue weighted by molar-refractivity contribution is 9.10. The molecule has 0 bridgehead atoms. The first-order chi connectivity index (χ1) is 10.6. The second-order valence-electron chi connectivity index (χ2n) is 4.80. The number of halogens is 2. The summed E-state index contributed by atoms with van der Waals surface area (Å²) < 4.78 is 31.5. The van der Waals surface area contributed by atoms with E-state index in [2.05, 4.69) is 25.9 Å². The maximum absolute atomic E-state index is 14.7. The summed E-state index contributed by atoms with van der Waals surface area (Å²) in [5.74, 6) is -0.402. The molecule has 0 amide bonds. The van der Waals surface area contributed by atoms with E-state index in [0.29, 0.717) is 29.7 Å². The Labute approximate surface area is 135 Å². The Morgan fingerprint density at radius 2 is 2.09 bits per heavy atom. The van der Waals surface area contributed by atoms with Crippen LogP contribution in [0.4, 0.5) is 4.39 Å². The van der Waals surface area contributed by atoms with E-state index >= 15 is 0 Å². The van der Waals surface area contributed by atoms with Crippen molar-refractivity contribution in [3.8, 4) is 11.8 Å². The van der Waals surface area contributed by atoms with Gasteiger partial charge in [0.2, 0.25) is 0 Å². The maximum atomic E-state index is 14.7. The van der Waals surface area contributed by atoms with E-state index in [1.807, 2.05) is 6.92 Å². The summed E-state index contributed by atoms with van der Waals surface area (Å²) in [6, 6.07) is 5.11. The van der Waals surface area contributed by atoms with Gasteiger partial charge in [-0.1, -0.05) is 15.9 Å². The van der Waals surface area contributed by atoms with Gasteiger partial charge >= 0.3 is 6.01 Å². The van der Waals surface area contributed by atoms with Crippen LogP contribution in [0.2, 0.25) is 0 Å². The third-order valence-electron chi connectivity index (χ3n) is 3.19. The van der Waals surface area contributed by atoms with Gasteiger partial charge in [-0.15, -0.1) is 0 Å².